The maximum Gasteiger partial charge on any atom is 2.00 e. The van der Waals surface area contributed by atoms with E-state index in [0.717, 1.165) is 0 Å². The maximum absolute atomic E-state index is 5.72. The largest absolute Gasteiger partial charge is 2.00 e. The number of hydrogen-bond acceptors (Lipinski definition) is 8. The fourth-order valence-electron chi connectivity index (χ4n) is 4.25. The first-order valence-corrected chi connectivity index (χ1v) is 24.3. The summed E-state index contributed by atoms with van der Waals surface area (Å²) in [6.07, 6.45) is 20.0. The zero-order valence-corrected chi connectivity index (χ0v) is 37.3. The third kappa shape index (κ3) is 37.1. The quantitative estimate of drug-likeness (QED) is 0.0337. The van der Waals surface area contributed by atoms with Crippen LogP contribution in [0.15, 0.2) is 0 Å². The summed E-state index contributed by atoms with van der Waals surface area (Å²) in [6.45, 7) is 20.3. The van der Waals surface area contributed by atoms with E-state index in [0.29, 0.717) is 50.1 Å². The third-order valence-electron chi connectivity index (χ3n) is 7.27. The molecule has 11 heteroatoms. The van der Waals surface area contributed by atoms with Crippen LogP contribution in [0.1, 0.15) is 158 Å². The van der Waals surface area contributed by atoms with E-state index < -0.39 is 11.4 Å². The summed E-state index contributed by atoms with van der Waals surface area (Å²) in [5.41, 5.74) is -4.92. The van der Waals surface area contributed by atoms with E-state index in [4.69, 9.17) is 66.2 Å². The summed E-state index contributed by atoms with van der Waals surface area (Å²) in [7, 11) is 0. The van der Waals surface area contributed by atoms with Gasteiger partial charge in [0.15, 0.2) is 0 Å². The molecule has 256 valence electrons. The van der Waals surface area contributed by atoms with E-state index in [1.54, 1.807) is 0 Å². The van der Waals surface area contributed by atoms with Crippen molar-refractivity contribution < 1.29 is 37.6 Å². The molecule has 0 aliphatic carbocycles. The van der Waals surface area contributed by atoms with Crippen molar-refractivity contribution in [2.75, 3.05) is 26.4 Å². The summed E-state index contributed by atoms with van der Waals surface area (Å²) >= 11 is 21.3. The predicted octanol–water partition coefficient (Wildman–Crippen LogP) is 12.4. The zero-order valence-electron chi connectivity index (χ0n) is 29.3. The van der Waals surface area contributed by atoms with Crippen molar-refractivity contribution in [1.82, 2.24) is 0 Å². The summed E-state index contributed by atoms with van der Waals surface area (Å²) in [5.74, 6) is 2.08. The van der Waals surface area contributed by atoms with E-state index in [1.165, 1.54) is 103 Å². The van der Waals surface area contributed by atoms with Gasteiger partial charge in [-0.3, -0.25) is 0 Å². The van der Waals surface area contributed by atoms with E-state index in [-0.39, 0.29) is 19.5 Å². The first-order valence-electron chi connectivity index (χ1n) is 17.0. The van der Waals surface area contributed by atoms with Gasteiger partial charge >= 0.3 is 19.5 Å². The van der Waals surface area contributed by atoms with E-state index >= 15 is 0 Å². The van der Waals surface area contributed by atoms with Gasteiger partial charge in [0.25, 0.3) is 0 Å². The van der Waals surface area contributed by atoms with Crippen molar-refractivity contribution in [1.29, 1.82) is 0 Å². The predicted molar refractivity (Wildman–Crippen MR) is 200 cm³/mol. The van der Waals surface area contributed by atoms with Gasteiger partial charge in [-0.05, 0) is 49.4 Å². The van der Waals surface area contributed by atoms with Crippen LogP contribution in [0.5, 0.6) is 0 Å². The van der Waals surface area contributed by atoms with Gasteiger partial charge in [-0.2, -0.15) is 0 Å². The van der Waals surface area contributed by atoms with Crippen LogP contribution in [-0.4, -0.2) is 26.4 Å². The number of rotatable bonds is 28. The molecular formula is C32H68O4P2S4Zn. The molecule has 0 heterocycles. The Kier molecular flexibility index (Phi) is 38.2. The molecule has 4 nitrogen and oxygen atoms in total. The topological polar surface area (TPSA) is 36.9 Å². The first kappa shape index (κ1) is 49.8. The summed E-state index contributed by atoms with van der Waals surface area (Å²) < 4.78 is 22.9. The van der Waals surface area contributed by atoms with Gasteiger partial charge in [0.1, 0.15) is 0 Å². The van der Waals surface area contributed by atoms with Crippen molar-refractivity contribution in [2.24, 2.45) is 23.7 Å². The molecule has 0 saturated heterocycles. The van der Waals surface area contributed by atoms with Crippen molar-refractivity contribution in [2.45, 2.75) is 158 Å². The minimum Gasteiger partial charge on any atom is -0.691 e. The molecule has 0 spiro atoms. The standard InChI is InChI=1S/2C16H35O2PS2.Zn/c2*1-5-7-9-11-15(3)13-17-19(20,21)18-14-16(4)12-10-8-6-2;/h2*15-16H,5-14H2,1-4H3,(H,20,21);/q;;+2/p-2. The van der Waals surface area contributed by atoms with Crippen LogP contribution in [0.3, 0.4) is 0 Å². The normalized spacial score (nSPS) is 17.0. The van der Waals surface area contributed by atoms with Gasteiger partial charge < -0.3 is 42.6 Å². The van der Waals surface area contributed by atoms with Gasteiger partial charge in [0, 0.05) is 0 Å². The molecule has 0 saturated carbocycles. The first-order chi connectivity index (χ1) is 19.8. The van der Waals surface area contributed by atoms with Gasteiger partial charge in [-0.25, -0.2) is 0 Å². The molecule has 0 aromatic rings. The number of unbranched alkanes of at least 4 members (excludes halogenated alkanes) is 8. The second-order valence-corrected chi connectivity index (χ2v) is 22.5. The molecule has 43 heavy (non-hydrogen) atoms. The van der Waals surface area contributed by atoms with E-state index in [2.05, 4.69) is 55.4 Å². The molecule has 0 aromatic carbocycles. The Labute approximate surface area is 303 Å². The van der Waals surface area contributed by atoms with Crippen molar-refractivity contribution in [3.8, 4) is 0 Å². The summed E-state index contributed by atoms with van der Waals surface area (Å²) in [5, 5.41) is 0. The molecule has 0 rings (SSSR count). The molecule has 0 aromatic heterocycles. The Morgan fingerprint density at radius 2 is 0.628 bits per heavy atom. The zero-order chi connectivity index (χ0) is 32.3. The molecular weight excluding hydrogens is 704 g/mol. The molecule has 0 N–H and O–H groups in total. The van der Waals surface area contributed by atoms with Crippen LogP contribution in [0.25, 0.3) is 0 Å². The van der Waals surface area contributed by atoms with Gasteiger partial charge in [0.05, 0.1) is 37.8 Å². The smallest absolute Gasteiger partial charge is 0.691 e. The van der Waals surface area contributed by atoms with Crippen LogP contribution >= 0.6 is 11.4 Å². The van der Waals surface area contributed by atoms with E-state index in [1.807, 2.05) is 0 Å². The van der Waals surface area contributed by atoms with Crippen LogP contribution < -0.4 is 0 Å². The van der Waals surface area contributed by atoms with Crippen LogP contribution in [0, 0.1) is 23.7 Å². The Balaban J connectivity index is -0.000000727. The average molecular weight is 772 g/mol. The molecule has 0 fully saturated rings. The summed E-state index contributed by atoms with van der Waals surface area (Å²) in [6, 6.07) is 0. The maximum atomic E-state index is 5.72. The Hall–Kier alpha value is 2.46. The fraction of sp³-hybridized carbons (Fsp3) is 1.00. The molecule has 0 aliphatic heterocycles. The molecule has 4 atom stereocenters. The minimum absolute atomic E-state index is 0. The molecule has 0 amide bonds. The fourth-order valence-corrected chi connectivity index (χ4v) is 7.61. The molecule has 4 unspecified atom stereocenters. The van der Waals surface area contributed by atoms with Crippen molar-refractivity contribution in [3.63, 3.8) is 0 Å². The minimum atomic E-state index is -2.46. The van der Waals surface area contributed by atoms with Crippen molar-refractivity contribution >= 4 is 59.5 Å². The van der Waals surface area contributed by atoms with Gasteiger partial charge in [-0.15, -0.1) is 0 Å². The Morgan fingerprint density at radius 1 is 0.442 bits per heavy atom. The van der Waals surface area contributed by atoms with Crippen molar-refractivity contribution in [3.05, 3.63) is 0 Å². The van der Waals surface area contributed by atoms with Crippen LogP contribution in [0.4, 0.5) is 0 Å². The second-order valence-electron chi connectivity index (χ2n) is 12.5. The van der Waals surface area contributed by atoms with Crippen LogP contribution in [-0.2, 0) is 85.7 Å². The molecule has 0 aliphatic rings. The number of hydrogen-bond donors (Lipinski definition) is 0. The van der Waals surface area contributed by atoms with Gasteiger partial charge in [-0.1, -0.05) is 156 Å². The molecule has 0 bridgehead atoms. The third-order valence-corrected chi connectivity index (χ3v) is 11.7. The monoisotopic (exact) mass is 770 g/mol. The Morgan fingerprint density at radius 3 is 0.791 bits per heavy atom. The van der Waals surface area contributed by atoms with Gasteiger partial charge in [0.2, 0.25) is 0 Å². The summed E-state index contributed by atoms with van der Waals surface area (Å²) in [4.78, 5) is 0. The molecule has 0 radical (unpaired) electrons. The van der Waals surface area contributed by atoms with E-state index in [9.17, 15) is 0 Å². The average Bonchev–Trinajstić information content (AvgIpc) is 2.94. The second kappa shape index (κ2) is 33.0. The van der Waals surface area contributed by atoms with Crippen LogP contribution in [0.2, 0.25) is 0 Å². The SMILES string of the molecule is CCCCCC(C)COP(=S)([S-])OCC(C)CCCCC.CCCCCC(C)COP(=S)([S-])OCC(C)CCCCC.[Zn+2]. The Bertz CT molecular complexity index is 590.